The molecule has 1 aromatic heterocycles. The molecule has 1 aliphatic rings. The number of primary amides is 1. The Balaban J connectivity index is 1.54. The molecule has 7 nitrogen and oxygen atoms in total. The van der Waals surface area contributed by atoms with E-state index in [1.165, 1.54) is 0 Å². The smallest absolute Gasteiger partial charge is 0.314 e. The topological polar surface area (TPSA) is 93.3 Å². The molecule has 0 spiro atoms. The maximum Gasteiger partial charge on any atom is 0.314 e. The quantitative estimate of drug-likeness (QED) is 0.877. The van der Waals surface area contributed by atoms with Crippen LogP contribution in [0.3, 0.4) is 0 Å². The summed E-state index contributed by atoms with van der Waals surface area (Å²) in [6.45, 7) is 1.58. The Hall–Kier alpha value is -2.57. The largest absolute Gasteiger partial charge is 0.355 e. The van der Waals surface area contributed by atoms with Crippen LogP contribution in [0.5, 0.6) is 0 Å². The van der Waals surface area contributed by atoms with Crippen molar-refractivity contribution in [3.63, 3.8) is 0 Å². The number of aromatic nitrogens is 2. The molecule has 1 atom stereocenters. The zero-order valence-electron chi connectivity index (χ0n) is 13.9. The summed E-state index contributed by atoms with van der Waals surface area (Å²) in [7, 11) is 1.98. The number of para-hydroxylation sites is 2. The van der Waals surface area contributed by atoms with Gasteiger partial charge in [-0.05, 0) is 25.0 Å². The second-order valence-corrected chi connectivity index (χ2v) is 6.24. The first kappa shape index (κ1) is 16.3. The van der Waals surface area contributed by atoms with E-state index in [0.29, 0.717) is 26.1 Å². The summed E-state index contributed by atoms with van der Waals surface area (Å²) in [5.41, 5.74) is 7.35. The number of piperidine rings is 1. The molecule has 3 rings (SSSR count). The third-order valence-corrected chi connectivity index (χ3v) is 4.63. The molecule has 128 valence electrons. The van der Waals surface area contributed by atoms with Gasteiger partial charge in [-0.2, -0.15) is 0 Å². The molecule has 3 N–H and O–H groups in total. The molecule has 24 heavy (non-hydrogen) atoms. The number of rotatable bonds is 4. The van der Waals surface area contributed by atoms with Gasteiger partial charge in [-0.25, -0.2) is 9.78 Å². The Bertz CT molecular complexity index is 755. The second-order valence-electron chi connectivity index (χ2n) is 6.24. The van der Waals surface area contributed by atoms with E-state index in [2.05, 4.69) is 14.9 Å². The summed E-state index contributed by atoms with van der Waals surface area (Å²) in [5.74, 6) is 0.755. The fraction of sp³-hybridized carbons (Fsp3) is 0.471. The number of aryl methyl sites for hydroxylation is 1. The van der Waals surface area contributed by atoms with Crippen molar-refractivity contribution in [1.29, 1.82) is 0 Å². The fourth-order valence-electron chi connectivity index (χ4n) is 3.25. The number of carbonyl (C=O) groups excluding carboxylic acids is 2. The molecular formula is C17H23N5O2. The van der Waals surface area contributed by atoms with Crippen molar-refractivity contribution >= 4 is 23.0 Å². The molecule has 0 radical (unpaired) electrons. The molecule has 1 aliphatic heterocycles. The van der Waals surface area contributed by atoms with E-state index in [9.17, 15) is 9.59 Å². The van der Waals surface area contributed by atoms with Gasteiger partial charge in [-0.15, -0.1) is 0 Å². The number of imidazole rings is 1. The standard InChI is InChI=1S/C17H23N5O2/c1-21-14-7-3-2-6-13(14)20-15(21)8-9-19-16(23)12-5-4-10-22(11-12)17(18)24/h2-3,6-7,12H,4-5,8-11H2,1H3,(H2,18,24)(H,19,23). The highest BCUT2D eigenvalue weighted by atomic mass is 16.2. The summed E-state index contributed by atoms with van der Waals surface area (Å²) in [5, 5.41) is 2.96. The molecule has 0 bridgehead atoms. The number of nitrogens with zero attached hydrogens (tertiary/aromatic N) is 3. The molecular weight excluding hydrogens is 306 g/mol. The van der Waals surface area contributed by atoms with Crippen molar-refractivity contribution in [2.75, 3.05) is 19.6 Å². The molecule has 3 amide bonds. The van der Waals surface area contributed by atoms with Gasteiger partial charge in [0.15, 0.2) is 0 Å². The molecule has 1 saturated heterocycles. The van der Waals surface area contributed by atoms with Gasteiger partial charge in [0.25, 0.3) is 0 Å². The van der Waals surface area contributed by atoms with Gasteiger partial charge in [0, 0.05) is 33.1 Å². The fourth-order valence-corrected chi connectivity index (χ4v) is 3.25. The second kappa shape index (κ2) is 6.90. The average Bonchev–Trinajstić information content (AvgIpc) is 2.91. The van der Waals surface area contributed by atoms with E-state index in [1.807, 2.05) is 31.3 Å². The van der Waals surface area contributed by atoms with Crippen LogP contribution < -0.4 is 11.1 Å². The van der Waals surface area contributed by atoms with Crippen LogP contribution in [0.15, 0.2) is 24.3 Å². The van der Waals surface area contributed by atoms with Crippen LogP contribution in [0.25, 0.3) is 11.0 Å². The minimum Gasteiger partial charge on any atom is -0.355 e. The number of urea groups is 1. The number of amides is 3. The highest BCUT2D eigenvalue weighted by Crippen LogP contribution is 2.17. The summed E-state index contributed by atoms with van der Waals surface area (Å²) < 4.78 is 2.05. The number of nitrogens with two attached hydrogens (primary N) is 1. The first-order chi connectivity index (χ1) is 11.6. The predicted octanol–water partition coefficient (Wildman–Crippen LogP) is 1.02. The van der Waals surface area contributed by atoms with E-state index in [1.54, 1.807) is 4.90 Å². The van der Waals surface area contributed by atoms with Crippen molar-refractivity contribution < 1.29 is 9.59 Å². The number of fused-ring (bicyclic) bond motifs is 1. The molecule has 1 unspecified atom stereocenters. The van der Waals surface area contributed by atoms with E-state index < -0.39 is 6.03 Å². The van der Waals surface area contributed by atoms with Gasteiger partial charge < -0.3 is 20.5 Å². The molecule has 7 heteroatoms. The van der Waals surface area contributed by atoms with Crippen LogP contribution in [-0.2, 0) is 18.3 Å². The number of hydrogen-bond acceptors (Lipinski definition) is 3. The SMILES string of the molecule is Cn1c(CCNC(=O)C2CCCN(C(N)=O)C2)nc2ccccc21. The number of nitrogens with one attached hydrogen (secondary N) is 1. The van der Waals surface area contributed by atoms with E-state index in [4.69, 9.17) is 5.73 Å². The van der Waals surface area contributed by atoms with Crippen molar-refractivity contribution in [2.45, 2.75) is 19.3 Å². The van der Waals surface area contributed by atoms with Gasteiger partial charge in [-0.3, -0.25) is 4.79 Å². The van der Waals surface area contributed by atoms with Gasteiger partial charge >= 0.3 is 6.03 Å². The van der Waals surface area contributed by atoms with E-state index >= 15 is 0 Å². The summed E-state index contributed by atoms with van der Waals surface area (Å²) >= 11 is 0. The normalized spacial score (nSPS) is 17.9. The highest BCUT2D eigenvalue weighted by Gasteiger charge is 2.27. The van der Waals surface area contributed by atoms with Gasteiger partial charge in [-0.1, -0.05) is 12.1 Å². The summed E-state index contributed by atoms with van der Waals surface area (Å²) in [6, 6.07) is 7.52. The van der Waals surface area contributed by atoms with E-state index in [-0.39, 0.29) is 11.8 Å². The van der Waals surface area contributed by atoms with Crippen LogP contribution >= 0.6 is 0 Å². The molecule has 2 heterocycles. The van der Waals surface area contributed by atoms with Crippen LogP contribution in [0.4, 0.5) is 4.79 Å². The summed E-state index contributed by atoms with van der Waals surface area (Å²) in [4.78, 5) is 29.7. The Morgan fingerprint density at radius 3 is 2.92 bits per heavy atom. The Kier molecular flexibility index (Phi) is 4.69. The van der Waals surface area contributed by atoms with Crippen molar-refractivity contribution in [3.05, 3.63) is 30.1 Å². The molecule has 0 aliphatic carbocycles. The third-order valence-electron chi connectivity index (χ3n) is 4.63. The Labute approximate surface area is 140 Å². The Morgan fingerprint density at radius 1 is 1.38 bits per heavy atom. The number of hydrogen-bond donors (Lipinski definition) is 2. The Morgan fingerprint density at radius 2 is 2.17 bits per heavy atom. The lowest BCUT2D eigenvalue weighted by Crippen LogP contribution is -2.47. The van der Waals surface area contributed by atoms with Crippen LogP contribution in [-0.4, -0.2) is 46.0 Å². The number of carbonyl (C=O) groups is 2. The van der Waals surface area contributed by atoms with Crippen LogP contribution in [0.2, 0.25) is 0 Å². The molecule has 1 fully saturated rings. The number of likely N-dealkylation sites (tertiary alicyclic amines) is 1. The maximum atomic E-state index is 12.3. The van der Waals surface area contributed by atoms with Crippen molar-refractivity contribution in [3.8, 4) is 0 Å². The lowest BCUT2D eigenvalue weighted by atomic mass is 9.97. The minimum absolute atomic E-state index is 0.0142. The zero-order chi connectivity index (χ0) is 17.1. The first-order valence-corrected chi connectivity index (χ1v) is 8.28. The van der Waals surface area contributed by atoms with Crippen LogP contribution in [0, 0.1) is 5.92 Å². The monoisotopic (exact) mass is 329 g/mol. The van der Waals surface area contributed by atoms with Gasteiger partial charge in [0.05, 0.1) is 17.0 Å². The zero-order valence-corrected chi connectivity index (χ0v) is 13.9. The maximum absolute atomic E-state index is 12.3. The van der Waals surface area contributed by atoms with Crippen molar-refractivity contribution in [1.82, 2.24) is 19.8 Å². The van der Waals surface area contributed by atoms with E-state index in [0.717, 1.165) is 29.7 Å². The highest BCUT2D eigenvalue weighted by molar-refractivity contribution is 5.80. The van der Waals surface area contributed by atoms with Gasteiger partial charge in [0.1, 0.15) is 5.82 Å². The third kappa shape index (κ3) is 3.34. The molecule has 0 saturated carbocycles. The number of benzene rings is 1. The predicted molar refractivity (Wildman–Crippen MR) is 91.3 cm³/mol. The van der Waals surface area contributed by atoms with Crippen molar-refractivity contribution in [2.24, 2.45) is 18.7 Å². The van der Waals surface area contributed by atoms with Gasteiger partial charge in [0.2, 0.25) is 5.91 Å². The molecule has 2 aromatic rings. The lowest BCUT2D eigenvalue weighted by Gasteiger charge is -2.30. The average molecular weight is 329 g/mol. The van der Waals surface area contributed by atoms with Crippen LogP contribution in [0.1, 0.15) is 18.7 Å². The first-order valence-electron chi connectivity index (χ1n) is 8.28. The minimum atomic E-state index is -0.452. The lowest BCUT2D eigenvalue weighted by molar-refractivity contribution is -0.126. The summed E-state index contributed by atoms with van der Waals surface area (Å²) in [6.07, 6.45) is 2.27. The molecule has 1 aromatic carbocycles.